The molecule has 0 aliphatic rings. The van der Waals surface area contributed by atoms with E-state index in [9.17, 15) is 0 Å². The number of hydrogen-bond acceptors (Lipinski definition) is 4. The number of hydrogen-bond donors (Lipinski definition) is 1. The van der Waals surface area contributed by atoms with Gasteiger partial charge in [0.25, 0.3) is 0 Å². The minimum atomic E-state index is 0.215. The molecule has 0 heterocycles. The summed E-state index contributed by atoms with van der Waals surface area (Å²) >= 11 is 0. The molecule has 0 fully saturated rings. The van der Waals surface area contributed by atoms with Crippen LogP contribution in [0.25, 0.3) is 0 Å². The van der Waals surface area contributed by atoms with E-state index in [4.69, 9.17) is 9.47 Å². The number of ether oxygens (including phenoxy) is 2. The lowest BCUT2D eigenvalue weighted by molar-refractivity contribution is 0.161. The van der Waals surface area contributed by atoms with Crippen molar-refractivity contribution in [2.75, 3.05) is 40.4 Å². The van der Waals surface area contributed by atoms with Crippen molar-refractivity contribution in [3.8, 4) is 5.75 Å². The van der Waals surface area contributed by atoms with Crippen LogP contribution in [-0.4, -0.2) is 51.4 Å². The molecule has 1 N–H and O–H groups in total. The van der Waals surface area contributed by atoms with Crippen LogP contribution in [0.2, 0.25) is 0 Å². The van der Waals surface area contributed by atoms with Gasteiger partial charge < -0.3 is 19.7 Å². The van der Waals surface area contributed by atoms with Crippen LogP contribution < -0.4 is 10.1 Å². The Hall–Kier alpha value is -1.10. The zero-order chi connectivity index (χ0) is 14.8. The maximum Gasteiger partial charge on any atom is 0.120 e. The lowest BCUT2D eigenvalue weighted by atomic mass is 10.2. The van der Waals surface area contributed by atoms with Gasteiger partial charge in [-0.15, -0.1) is 0 Å². The Bertz CT molecular complexity index is 369. The van der Waals surface area contributed by atoms with E-state index in [1.54, 1.807) is 7.11 Å². The molecule has 0 aliphatic carbocycles. The van der Waals surface area contributed by atoms with Crippen LogP contribution >= 0.6 is 0 Å². The van der Waals surface area contributed by atoms with Gasteiger partial charge in [-0.25, -0.2) is 0 Å². The summed E-state index contributed by atoms with van der Waals surface area (Å²) in [5.74, 6) is 0.941. The van der Waals surface area contributed by atoms with Crippen LogP contribution in [0.3, 0.4) is 0 Å². The largest absolute Gasteiger partial charge is 0.491 e. The second kappa shape index (κ2) is 9.75. The molecule has 4 nitrogen and oxygen atoms in total. The van der Waals surface area contributed by atoms with Crippen LogP contribution in [0.1, 0.15) is 19.4 Å². The zero-order valence-electron chi connectivity index (χ0n) is 13.2. The highest BCUT2D eigenvalue weighted by Gasteiger charge is 2.00. The van der Waals surface area contributed by atoms with Crippen LogP contribution in [0.5, 0.6) is 5.75 Å². The first kappa shape index (κ1) is 17.0. The number of rotatable bonds is 10. The molecule has 114 valence electrons. The van der Waals surface area contributed by atoms with Gasteiger partial charge in [0.1, 0.15) is 5.75 Å². The van der Waals surface area contributed by atoms with Gasteiger partial charge in [0, 0.05) is 33.3 Å². The summed E-state index contributed by atoms with van der Waals surface area (Å²) in [4.78, 5) is 2.26. The molecule has 1 aromatic carbocycles. The molecule has 0 bridgehead atoms. The summed E-state index contributed by atoms with van der Waals surface area (Å²) in [6.45, 7) is 8.69. The van der Waals surface area contributed by atoms with Gasteiger partial charge in [-0.2, -0.15) is 0 Å². The molecule has 1 aromatic rings. The maximum absolute atomic E-state index is 5.69. The minimum Gasteiger partial charge on any atom is -0.491 e. The molecule has 0 saturated heterocycles. The molecule has 0 spiro atoms. The molecule has 0 unspecified atom stereocenters. The molecule has 0 aliphatic heterocycles. The van der Waals surface area contributed by atoms with Crippen molar-refractivity contribution in [3.63, 3.8) is 0 Å². The molecule has 4 heteroatoms. The topological polar surface area (TPSA) is 33.7 Å². The van der Waals surface area contributed by atoms with Crippen LogP contribution in [-0.2, 0) is 11.3 Å². The number of benzene rings is 1. The fraction of sp³-hybridized carbons (Fsp3) is 0.625. The minimum absolute atomic E-state index is 0.215. The molecule has 0 saturated carbocycles. The second-order valence-corrected chi connectivity index (χ2v) is 5.29. The Kier molecular flexibility index (Phi) is 8.26. The van der Waals surface area contributed by atoms with Crippen LogP contribution in [0.15, 0.2) is 24.3 Å². The second-order valence-electron chi connectivity index (χ2n) is 5.29. The van der Waals surface area contributed by atoms with Gasteiger partial charge >= 0.3 is 0 Å². The highest BCUT2D eigenvalue weighted by atomic mass is 16.5. The van der Waals surface area contributed by atoms with E-state index in [1.165, 1.54) is 5.56 Å². The molecule has 0 atom stereocenters. The average Bonchev–Trinajstić information content (AvgIpc) is 2.41. The quantitative estimate of drug-likeness (QED) is 0.666. The normalized spacial score (nSPS) is 11.3. The van der Waals surface area contributed by atoms with E-state index < -0.39 is 0 Å². The Morgan fingerprint density at radius 2 is 2.05 bits per heavy atom. The van der Waals surface area contributed by atoms with Crippen LogP contribution in [0.4, 0.5) is 0 Å². The first-order chi connectivity index (χ1) is 9.61. The van der Waals surface area contributed by atoms with Crippen LogP contribution in [0, 0.1) is 0 Å². The summed E-state index contributed by atoms with van der Waals surface area (Å²) in [5.41, 5.74) is 1.25. The van der Waals surface area contributed by atoms with Gasteiger partial charge in [0.15, 0.2) is 0 Å². The van der Waals surface area contributed by atoms with E-state index in [-0.39, 0.29) is 6.10 Å². The number of methoxy groups -OCH3 is 1. The number of likely N-dealkylation sites (N-methyl/N-ethyl adjacent to an activating group) is 1. The molecule has 0 aromatic heterocycles. The smallest absolute Gasteiger partial charge is 0.120 e. The van der Waals surface area contributed by atoms with Crippen molar-refractivity contribution in [2.24, 2.45) is 0 Å². The number of nitrogens with one attached hydrogen (secondary N) is 1. The predicted octanol–water partition coefficient (Wildman–Crippen LogP) is 2.14. The Morgan fingerprint density at radius 3 is 2.75 bits per heavy atom. The fourth-order valence-corrected chi connectivity index (χ4v) is 1.86. The molecular weight excluding hydrogens is 252 g/mol. The first-order valence-electron chi connectivity index (χ1n) is 7.25. The summed E-state index contributed by atoms with van der Waals surface area (Å²) in [5, 5.41) is 3.45. The summed E-state index contributed by atoms with van der Waals surface area (Å²) in [6, 6.07) is 8.26. The third kappa shape index (κ3) is 7.48. The Balaban J connectivity index is 2.24. The summed E-state index contributed by atoms with van der Waals surface area (Å²) in [6.07, 6.45) is 0.215. The predicted molar refractivity (Wildman–Crippen MR) is 83.3 cm³/mol. The molecule has 0 radical (unpaired) electrons. The highest BCUT2D eigenvalue weighted by Crippen LogP contribution is 2.14. The lowest BCUT2D eigenvalue weighted by Crippen LogP contribution is -2.31. The van der Waals surface area contributed by atoms with Crippen molar-refractivity contribution in [3.05, 3.63) is 29.8 Å². The van der Waals surface area contributed by atoms with Gasteiger partial charge in [-0.05, 0) is 38.6 Å². The maximum atomic E-state index is 5.69. The van der Waals surface area contributed by atoms with E-state index in [1.807, 2.05) is 26.0 Å². The molecule has 0 amide bonds. The SMILES string of the molecule is COCCN(C)CCNCc1cccc(OC(C)C)c1. The van der Waals surface area contributed by atoms with Gasteiger partial charge in [0.05, 0.1) is 12.7 Å². The van der Waals surface area contributed by atoms with Crippen molar-refractivity contribution in [1.82, 2.24) is 10.2 Å². The van der Waals surface area contributed by atoms with Gasteiger partial charge in [0.2, 0.25) is 0 Å². The standard InChI is InChI=1S/C16H28N2O2/c1-14(2)20-16-7-5-6-15(12-16)13-17-8-9-18(3)10-11-19-4/h5-7,12,14,17H,8-11,13H2,1-4H3. The third-order valence-electron chi connectivity index (χ3n) is 2.95. The molecule has 1 rings (SSSR count). The monoisotopic (exact) mass is 280 g/mol. The summed E-state index contributed by atoms with van der Waals surface area (Å²) in [7, 11) is 3.84. The van der Waals surface area contributed by atoms with E-state index >= 15 is 0 Å². The van der Waals surface area contributed by atoms with Gasteiger partial charge in [-0.1, -0.05) is 12.1 Å². The Morgan fingerprint density at radius 1 is 1.25 bits per heavy atom. The average molecular weight is 280 g/mol. The first-order valence-corrected chi connectivity index (χ1v) is 7.25. The molecular formula is C16H28N2O2. The van der Waals surface area contributed by atoms with Crippen molar-refractivity contribution in [1.29, 1.82) is 0 Å². The van der Waals surface area contributed by atoms with Gasteiger partial charge in [-0.3, -0.25) is 0 Å². The van der Waals surface area contributed by atoms with Crippen molar-refractivity contribution in [2.45, 2.75) is 26.5 Å². The summed E-state index contributed by atoms with van der Waals surface area (Å²) < 4.78 is 10.8. The Labute approximate surface area is 123 Å². The highest BCUT2D eigenvalue weighted by molar-refractivity contribution is 5.28. The van der Waals surface area contributed by atoms with E-state index in [0.717, 1.165) is 38.5 Å². The molecule has 20 heavy (non-hydrogen) atoms. The lowest BCUT2D eigenvalue weighted by Gasteiger charge is -2.16. The van der Waals surface area contributed by atoms with Crippen molar-refractivity contribution < 1.29 is 9.47 Å². The fourth-order valence-electron chi connectivity index (χ4n) is 1.86. The van der Waals surface area contributed by atoms with E-state index in [0.29, 0.717) is 0 Å². The van der Waals surface area contributed by atoms with E-state index in [2.05, 4.69) is 29.4 Å². The zero-order valence-corrected chi connectivity index (χ0v) is 13.2. The number of nitrogens with zero attached hydrogens (tertiary/aromatic N) is 1. The third-order valence-corrected chi connectivity index (χ3v) is 2.95. The van der Waals surface area contributed by atoms with Crippen molar-refractivity contribution >= 4 is 0 Å².